The highest BCUT2D eigenvalue weighted by Gasteiger charge is 2.27. The molecule has 0 saturated heterocycles. The van der Waals surface area contributed by atoms with E-state index < -0.39 is 10.0 Å². The van der Waals surface area contributed by atoms with Crippen LogP contribution >= 0.6 is 0 Å². The second-order valence-electron chi connectivity index (χ2n) is 6.19. The minimum atomic E-state index is -3.49. The number of rotatable bonds is 5. The molecule has 1 aliphatic carbocycles. The fraction of sp³-hybridized carbons (Fsp3) is 0.278. The molecule has 0 atom stereocenters. The van der Waals surface area contributed by atoms with Gasteiger partial charge in [-0.1, -0.05) is 17.7 Å². The van der Waals surface area contributed by atoms with Gasteiger partial charge in [0.2, 0.25) is 10.0 Å². The Hall–Kier alpha value is -2.18. The van der Waals surface area contributed by atoms with Gasteiger partial charge in [-0.25, -0.2) is 13.1 Å². The summed E-state index contributed by atoms with van der Waals surface area (Å²) in [4.78, 5) is 12.5. The quantitative estimate of drug-likeness (QED) is 0.875. The van der Waals surface area contributed by atoms with Crippen molar-refractivity contribution in [2.45, 2.75) is 37.6 Å². The van der Waals surface area contributed by atoms with Crippen molar-refractivity contribution in [1.29, 1.82) is 0 Å². The Morgan fingerprint density at radius 1 is 1.04 bits per heavy atom. The first-order chi connectivity index (χ1) is 11.3. The Kier molecular flexibility index (Phi) is 4.43. The smallest absolute Gasteiger partial charge is 0.255 e. The monoisotopic (exact) mass is 344 g/mol. The van der Waals surface area contributed by atoms with E-state index in [4.69, 9.17) is 0 Å². The van der Waals surface area contributed by atoms with Gasteiger partial charge in [0.1, 0.15) is 0 Å². The molecule has 0 spiro atoms. The summed E-state index contributed by atoms with van der Waals surface area (Å²) in [5.41, 5.74) is 3.28. The van der Waals surface area contributed by atoms with Crippen LogP contribution in [-0.2, 0) is 10.0 Å². The number of carbonyl (C=O) groups excluding carboxylic acids is 1. The lowest BCUT2D eigenvalue weighted by Gasteiger charge is -2.10. The lowest BCUT2D eigenvalue weighted by molar-refractivity contribution is 0.102. The zero-order valence-electron chi connectivity index (χ0n) is 13.7. The SMILES string of the molecule is Cc1ccc(NC(=O)c2ccc(S(=O)(=O)NC3CC3)cc2)c(C)c1. The molecule has 2 N–H and O–H groups in total. The summed E-state index contributed by atoms with van der Waals surface area (Å²) in [5, 5.41) is 2.85. The van der Waals surface area contributed by atoms with Crippen molar-refractivity contribution in [3.8, 4) is 0 Å². The van der Waals surface area contributed by atoms with Crippen LogP contribution in [0.4, 0.5) is 5.69 Å². The van der Waals surface area contributed by atoms with Gasteiger partial charge in [0.15, 0.2) is 0 Å². The molecule has 3 rings (SSSR count). The maximum atomic E-state index is 12.3. The average Bonchev–Trinajstić information content (AvgIpc) is 3.33. The third-order valence-corrected chi connectivity index (χ3v) is 5.49. The second-order valence-corrected chi connectivity index (χ2v) is 7.91. The normalized spacial score (nSPS) is 14.4. The summed E-state index contributed by atoms with van der Waals surface area (Å²) in [6, 6.07) is 11.8. The maximum absolute atomic E-state index is 12.3. The minimum Gasteiger partial charge on any atom is -0.322 e. The van der Waals surface area contributed by atoms with Gasteiger partial charge >= 0.3 is 0 Å². The predicted molar refractivity (Wildman–Crippen MR) is 93.7 cm³/mol. The highest BCUT2D eigenvalue weighted by atomic mass is 32.2. The Morgan fingerprint density at radius 3 is 2.29 bits per heavy atom. The van der Waals surface area contributed by atoms with Crippen molar-refractivity contribution < 1.29 is 13.2 Å². The first-order valence-corrected chi connectivity index (χ1v) is 9.34. The van der Waals surface area contributed by atoms with Gasteiger partial charge in [0.05, 0.1) is 4.90 Å². The lowest BCUT2D eigenvalue weighted by Crippen LogP contribution is -2.25. The van der Waals surface area contributed by atoms with Crippen LogP contribution in [0.5, 0.6) is 0 Å². The van der Waals surface area contributed by atoms with Gasteiger partial charge < -0.3 is 5.32 Å². The molecule has 2 aromatic carbocycles. The molecule has 0 aliphatic heterocycles. The average molecular weight is 344 g/mol. The van der Waals surface area contributed by atoms with Crippen LogP contribution in [0.2, 0.25) is 0 Å². The molecule has 1 amide bonds. The van der Waals surface area contributed by atoms with Crippen LogP contribution in [0.1, 0.15) is 34.3 Å². The van der Waals surface area contributed by atoms with E-state index in [-0.39, 0.29) is 16.8 Å². The number of anilines is 1. The van der Waals surface area contributed by atoms with Crippen molar-refractivity contribution in [1.82, 2.24) is 4.72 Å². The van der Waals surface area contributed by atoms with E-state index in [1.807, 2.05) is 32.0 Å². The number of hydrogen-bond acceptors (Lipinski definition) is 3. The van der Waals surface area contributed by atoms with Gasteiger partial charge in [-0.2, -0.15) is 0 Å². The van der Waals surface area contributed by atoms with E-state index in [2.05, 4.69) is 10.0 Å². The molecule has 0 heterocycles. The molecular weight excluding hydrogens is 324 g/mol. The summed E-state index contributed by atoms with van der Waals surface area (Å²) in [6.07, 6.45) is 1.77. The van der Waals surface area contributed by atoms with Crippen LogP contribution in [0, 0.1) is 13.8 Å². The second kappa shape index (κ2) is 6.37. The summed E-state index contributed by atoms with van der Waals surface area (Å²) >= 11 is 0. The largest absolute Gasteiger partial charge is 0.322 e. The fourth-order valence-corrected chi connectivity index (χ4v) is 3.73. The van der Waals surface area contributed by atoms with Crippen molar-refractivity contribution in [2.75, 3.05) is 5.32 Å². The third-order valence-electron chi connectivity index (χ3n) is 3.96. The molecule has 0 unspecified atom stereocenters. The molecule has 0 bridgehead atoms. The van der Waals surface area contributed by atoms with E-state index in [9.17, 15) is 13.2 Å². The number of hydrogen-bond donors (Lipinski definition) is 2. The van der Waals surface area contributed by atoms with Crippen LogP contribution in [0.3, 0.4) is 0 Å². The predicted octanol–water partition coefficient (Wildman–Crippen LogP) is 3.00. The van der Waals surface area contributed by atoms with Gasteiger partial charge in [0.25, 0.3) is 5.91 Å². The summed E-state index contributed by atoms with van der Waals surface area (Å²) < 4.78 is 26.9. The van der Waals surface area contributed by atoms with Crippen LogP contribution in [0.25, 0.3) is 0 Å². The molecule has 126 valence electrons. The number of nitrogens with one attached hydrogen (secondary N) is 2. The molecule has 1 saturated carbocycles. The van der Waals surface area contributed by atoms with Crippen LogP contribution in [0.15, 0.2) is 47.4 Å². The van der Waals surface area contributed by atoms with Gasteiger partial charge in [-0.15, -0.1) is 0 Å². The summed E-state index contributed by atoms with van der Waals surface area (Å²) in [5.74, 6) is -0.263. The zero-order chi connectivity index (χ0) is 17.3. The number of aryl methyl sites for hydroxylation is 2. The molecule has 0 radical (unpaired) electrons. The first-order valence-electron chi connectivity index (χ1n) is 7.86. The summed E-state index contributed by atoms with van der Waals surface area (Å²) in [6.45, 7) is 3.93. The number of carbonyl (C=O) groups is 1. The molecule has 5 nitrogen and oxygen atoms in total. The van der Waals surface area contributed by atoms with E-state index >= 15 is 0 Å². The highest BCUT2D eigenvalue weighted by Crippen LogP contribution is 2.22. The van der Waals surface area contributed by atoms with Crippen molar-refractivity contribution in [3.05, 3.63) is 59.2 Å². The molecule has 0 aromatic heterocycles. The van der Waals surface area contributed by atoms with Gasteiger partial charge in [-0.05, 0) is 62.6 Å². The zero-order valence-corrected chi connectivity index (χ0v) is 14.5. The maximum Gasteiger partial charge on any atom is 0.255 e. The van der Waals surface area contributed by atoms with Crippen molar-refractivity contribution in [3.63, 3.8) is 0 Å². The first kappa shape index (κ1) is 16.7. The van der Waals surface area contributed by atoms with Gasteiger partial charge in [0, 0.05) is 17.3 Å². The highest BCUT2D eigenvalue weighted by molar-refractivity contribution is 7.89. The topological polar surface area (TPSA) is 75.3 Å². The van der Waals surface area contributed by atoms with Crippen molar-refractivity contribution >= 4 is 21.6 Å². The van der Waals surface area contributed by atoms with E-state index in [0.29, 0.717) is 5.56 Å². The summed E-state index contributed by atoms with van der Waals surface area (Å²) in [7, 11) is -3.49. The van der Waals surface area contributed by atoms with Crippen molar-refractivity contribution in [2.24, 2.45) is 0 Å². The Balaban J connectivity index is 1.73. The van der Waals surface area contributed by atoms with Gasteiger partial charge in [-0.3, -0.25) is 4.79 Å². The third kappa shape index (κ3) is 3.83. The number of sulfonamides is 1. The molecule has 2 aromatic rings. The molecule has 1 fully saturated rings. The molecular formula is C18H20N2O3S. The molecule has 24 heavy (non-hydrogen) atoms. The minimum absolute atomic E-state index is 0.0579. The van der Waals surface area contributed by atoms with Crippen LogP contribution in [-0.4, -0.2) is 20.4 Å². The molecule has 6 heteroatoms. The van der Waals surface area contributed by atoms with E-state index in [0.717, 1.165) is 29.7 Å². The fourth-order valence-electron chi connectivity index (χ4n) is 2.42. The van der Waals surface area contributed by atoms with E-state index in [1.54, 1.807) is 0 Å². The van der Waals surface area contributed by atoms with Crippen LogP contribution < -0.4 is 10.0 Å². The number of benzene rings is 2. The Bertz CT molecular complexity index is 870. The standard InChI is InChI=1S/C18H20N2O3S/c1-12-3-10-17(13(2)11-12)19-18(21)14-4-8-16(9-5-14)24(22,23)20-15-6-7-15/h3-5,8-11,15,20H,6-7H2,1-2H3,(H,19,21). The Labute approximate surface area is 142 Å². The number of amides is 1. The molecule has 1 aliphatic rings. The Morgan fingerprint density at radius 2 is 1.71 bits per heavy atom. The van der Waals surface area contributed by atoms with E-state index in [1.165, 1.54) is 24.3 Å². The lowest BCUT2D eigenvalue weighted by atomic mass is 10.1.